The molecule has 0 saturated carbocycles. The van der Waals surface area contributed by atoms with E-state index in [-0.39, 0.29) is 6.61 Å². The Kier molecular flexibility index (Phi) is 2.92. The number of hydrogen-bond acceptors (Lipinski definition) is 3. The number of aliphatic hydroxyl groups is 1. The second-order valence-corrected chi connectivity index (χ2v) is 5.46. The summed E-state index contributed by atoms with van der Waals surface area (Å²) in [5.74, 6) is 2.15. The van der Waals surface area contributed by atoms with Crippen LogP contribution in [0.1, 0.15) is 42.6 Å². The quantitative estimate of drug-likeness (QED) is 0.836. The van der Waals surface area contributed by atoms with Gasteiger partial charge in [0, 0.05) is 36.8 Å². The number of imidazole rings is 1. The van der Waals surface area contributed by atoms with Crippen molar-refractivity contribution in [3.8, 4) is 0 Å². The molecule has 0 bridgehead atoms. The highest BCUT2D eigenvalue weighted by Gasteiger charge is 2.29. The Hall–Kier alpha value is -0.870. The second-order valence-electron chi connectivity index (χ2n) is 5.46. The van der Waals surface area contributed by atoms with Gasteiger partial charge in [0.1, 0.15) is 5.82 Å². The normalized spacial score (nSPS) is 29.5. The number of aliphatic hydroxyl groups excluding tert-OH is 1. The molecule has 1 fully saturated rings. The van der Waals surface area contributed by atoms with Crippen LogP contribution in [0.15, 0.2) is 6.20 Å². The molecule has 4 heteroatoms. The lowest BCUT2D eigenvalue weighted by molar-refractivity contribution is 0.240. The summed E-state index contributed by atoms with van der Waals surface area (Å²) < 4.78 is 2.37. The first kappa shape index (κ1) is 11.2. The van der Waals surface area contributed by atoms with Gasteiger partial charge in [-0.2, -0.15) is 0 Å². The van der Waals surface area contributed by atoms with E-state index in [1.54, 1.807) is 0 Å². The second kappa shape index (κ2) is 4.42. The maximum atomic E-state index is 9.41. The maximum absolute atomic E-state index is 9.41. The summed E-state index contributed by atoms with van der Waals surface area (Å²) in [6.45, 7) is 3.65. The Morgan fingerprint density at radius 3 is 3.00 bits per heavy atom. The van der Waals surface area contributed by atoms with E-state index >= 15 is 0 Å². The molecule has 1 N–H and O–H groups in total. The van der Waals surface area contributed by atoms with Gasteiger partial charge in [-0.3, -0.25) is 0 Å². The summed E-state index contributed by atoms with van der Waals surface area (Å²) in [6.07, 6.45) is 5.49. The highest BCUT2D eigenvalue weighted by molar-refractivity contribution is 5.17. The Bertz CT molecular complexity index is 401. The summed E-state index contributed by atoms with van der Waals surface area (Å²) in [7, 11) is 2.18. The van der Waals surface area contributed by atoms with Crippen molar-refractivity contribution >= 4 is 0 Å². The van der Waals surface area contributed by atoms with Crippen molar-refractivity contribution in [2.75, 3.05) is 26.7 Å². The molecule has 3 rings (SSSR count). The van der Waals surface area contributed by atoms with Crippen molar-refractivity contribution in [1.82, 2.24) is 14.5 Å². The number of likely N-dealkylation sites (tertiary alicyclic amines) is 1. The topological polar surface area (TPSA) is 41.3 Å². The highest BCUT2D eigenvalue weighted by atomic mass is 16.3. The van der Waals surface area contributed by atoms with E-state index in [0.29, 0.717) is 11.8 Å². The summed E-state index contributed by atoms with van der Waals surface area (Å²) in [6, 6.07) is 0. The number of hydrogen-bond donors (Lipinski definition) is 1. The number of aromatic nitrogens is 2. The first-order valence-corrected chi connectivity index (χ1v) is 6.64. The Balaban J connectivity index is 1.89. The molecule has 2 unspecified atom stereocenters. The van der Waals surface area contributed by atoms with Gasteiger partial charge in [0.25, 0.3) is 0 Å². The van der Waals surface area contributed by atoms with E-state index in [1.807, 2.05) is 6.20 Å². The largest absolute Gasteiger partial charge is 0.396 e. The van der Waals surface area contributed by atoms with Crippen LogP contribution in [0.2, 0.25) is 0 Å². The highest BCUT2D eigenvalue weighted by Crippen LogP contribution is 2.32. The molecule has 0 amide bonds. The molecular weight excluding hydrogens is 214 g/mol. The third-order valence-corrected chi connectivity index (χ3v) is 4.25. The summed E-state index contributed by atoms with van der Waals surface area (Å²) in [4.78, 5) is 7.01. The van der Waals surface area contributed by atoms with Crippen molar-refractivity contribution in [2.45, 2.75) is 37.6 Å². The molecule has 1 saturated heterocycles. The van der Waals surface area contributed by atoms with Gasteiger partial charge in [0.05, 0.1) is 6.61 Å². The third kappa shape index (κ3) is 1.89. The summed E-state index contributed by atoms with van der Waals surface area (Å²) in [5.41, 5.74) is 1.25. The van der Waals surface area contributed by atoms with Gasteiger partial charge in [-0.25, -0.2) is 4.98 Å². The SMILES string of the molecule is CN1CCC(c2ncc3n2CCCC3CO)C1. The molecule has 2 atom stereocenters. The van der Waals surface area contributed by atoms with Gasteiger partial charge in [-0.1, -0.05) is 0 Å². The fourth-order valence-electron chi connectivity index (χ4n) is 3.27. The van der Waals surface area contributed by atoms with Crippen molar-refractivity contribution in [1.29, 1.82) is 0 Å². The van der Waals surface area contributed by atoms with Crippen molar-refractivity contribution in [3.63, 3.8) is 0 Å². The molecule has 1 aromatic rings. The third-order valence-electron chi connectivity index (χ3n) is 4.25. The van der Waals surface area contributed by atoms with E-state index in [4.69, 9.17) is 0 Å². The monoisotopic (exact) mass is 235 g/mol. The van der Waals surface area contributed by atoms with Crippen molar-refractivity contribution < 1.29 is 5.11 Å². The van der Waals surface area contributed by atoms with Gasteiger partial charge in [-0.05, 0) is 32.9 Å². The van der Waals surface area contributed by atoms with Gasteiger partial charge >= 0.3 is 0 Å². The van der Waals surface area contributed by atoms with E-state index in [2.05, 4.69) is 21.5 Å². The number of fused-ring (bicyclic) bond motifs is 1. The molecule has 17 heavy (non-hydrogen) atoms. The first-order chi connectivity index (χ1) is 8.29. The first-order valence-electron chi connectivity index (χ1n) is 6.64. The molecule has 4 nitrogen and oxygen atoms in total. The van der Waals surface area contributed by atoms with Crippen LogP contribution < -0.4 is 0 Å². The molecule has 94 valence electrons. The molecule has 2 aliphatic heterocycles. The van der Waals surface area contributed by atoms with E-state index in [9.17, 15) is 5.11 Å². The molecule has 2 aliphatic rings. The smallest absolute Gasteiger partial charge is 0.113 e. The standard InChI is InChI=1S/C13H21N3O/c1-15-6-4-10(8-15)13-14-7-12-11(9-17)3-2-5-16(12)13/h7,10-11,17H,2-6,8-9H2,1H3. The van der Waals surface area contributed by atoms with Crippen LogP contribution in [-0.2, 0) is 6.54 Å². The van der Waals surface area contributed by atoms with Crippen LogP contribution in [0.5, 0.6) is 0 Å². The van der Waals surface area contributed by atoms with Crippen molar-refractivity contribution in [3.05, 3.63) is 17.7 Å². The fraction of sp³-hybridized carbons (Fsp3) is 0.769. The van der Waals surface area contributed by atoms with E-state index < -0.39 is 0 Å². The van der Waals surface area contributed by atoms with Crippen LogP contribution in [-0.4, -0.2) is 46.3 Å². The average Bonchev–Trinajstić information content (AvgIpc) is 2.94. The summed E-state index contributed by atoms with van der Waals surface area (Å²) in [5, 5.41) is 9.41. The Morgan fingerprint density at radius 1 is 1.41 bits per heavy atom. The van der Waals surface area contributed by atoms with E-state index in [0.717, 1.165) is 19.5 Å². The maximum Gasteiger partial charge on any atom is 0.113 e. The molecule has 0 spiro atoms. The van der Waals surface area contributed by atoms with E-state index in [1.165, 1.54) is 30.9 Å². The lowest BCUT2D eigenvalue weighted by Crippen LogP contribution is -2.21. The lowest BCUT2D eigenvalue weighted by atomic mass is 9.97. The van der Waals surface area contributed by atoms with Crippen LogP contribution in [0, 0.1) is 0 Å². The molecule has 0 aliphatic carbocycles. The minimum absolute atomic E-state index is 0.260. The summed E-state index contributed by atoms with van der Waals surface area (Å²) >= 11 is 0. The van der Waals surface area contributed by atoms with Gasteiger partial charge in [0.2, 0.25) is 0 Å². The van der Waals surface area contributed by atoms with Gasteiger partial charge in [0.15, 0.2) is 0 Å². The zero-order valence-corrected chi connectivity index (χ0v) is 10.5. The zero-order chi connectivity index (χ0) is 11.8. The molecular formula is C13H21N3O. The fourth-order valence-corrected chi connectivity index (χ4v) is 3.27. The van der Waals surface area contributed by atoms with Gasteiger partial charge < -0.3 is 14.6 Å². The average molecular weight is 235 g/mol. The van der Waals surface area contributed by atoms with Crippen molar-refractivity contribution in [2.24, 2.45) is 0 Å². The molecule has 0 aromatic carbocycles. The number of rotatable bonds is 2. The Morgan fingerprint density at radius 2 is 2.29 bits per heavy atom. The number of likely N-dealkylation sites (N-methyl/N-ethyl adjacent to an activating group) is 1. The minimum Gasteiger partial charge on any atom is -0.396 e. The predicted octanol–water partition coefficient (Wildman–Crippen LogP) is 1.17. The molecule has 1 aromatic heterocycles. The van der Waals surface area contributed by atoms with Crippen LogP contribution in [0.25, 0.3) is 0 Å². The zero-order valence-electron chi connectivity index (χ0n) is 10.5. The molecule has 0 radical (unpaired) electrons. The van der Waals surface area contributed by atoms with Crippen LogP contribution in [0.4, 0.5) is 0 Å². The number of nitrogens with zero attached hydrogens (tertiary/aromatic N) is 3. The van der Waals surface area contributed by atoms with Crippen LogP contribution >= 0.6 is 0 Å². The predicted molar refractivity (Wildman–Crippen MR) is 66.1 cm³/mol. The lowest BCUT2D eigenvalue weighted by Gasteiger charge is -2.25. The Labute approximate surface area is 102 Å². The van der Waals surface area contributed by atoms with Crippen LogP contribution in [0.3, 0.4) is 0 Å². The minimum atomic E-state index is 0.260. The molecule has 3 heterocycles. The van der Waals surface area contributed by atoms with Gasteiger partial charge in [-0.15, -0.1) is 0 Å².